The molecule has 0 amide bonds. The van der Waals surface area contributed by atoms with Crippen molar-refractivity contribution in [2.45, 2.75) is 55.3 Å². The van der Waals surface area contributed by atoms with Gasteiger partial charge in [-0.2, -0.15) is 4.89 Å². The summed E-state index contributed by atoms with van der Waals surface area (Å²) >= 11 is 5.86. The van der Waals surface area contributed by atoms with Crippen LogP contribution in [0.15, 0.2) is 29.2 Å². The van der Waals surface area contributed by atoms with Gasteiger partial charge in [0.2, 0.25) is 5.79 Å². The normalized spacial score (nSPS) is 43.3. The van der Waals surface area contributed by atoms with Crippen LogP contribution in [0.4, 0.5) is 0 Å². The highest BCUT2D eigenvalue weighted by Gasteiger charge is 2.63. The maximum Gasteiger partial charge on any atom is 0.207 e. The van der Waals surface area contributed by atoms with Gasteiger partial charge >= 0.3 is 0 Å². The predicted molar refractivity (Wildman–Crippen MR) is 99.8 cm³/mol. The third-order valence-electron chi connectivity index (χ3n) is 6.92. The fraction of sp³-hybridized carbons (Fsp3) is 0.700. The van der Waals surface area contributed by atoms with E-state index in [-0.39, 0.29) is 17.3 Å². The Morgan fingerprint density at radius 2 is 1.59 bits per heavy atom. The van der Waals surface area contributed by atoms with Crippen molar-refractivity contribution in [3.05, 3.63) is 29.3 Å². The molecule has 0 aromatic heterocycles. The van der Waals surface area contributed by atoms with Gasteiger partial charge in [0, 0.05) is 16.9 Å². The lowest BCUT2D eigenvalue weighted by Crippen LogP contribution is -2.65. The van der Waals surface area contributed by atoms with Crippen LogP contribution in [0, 0.1) is 23.7 Å². The van der Waals surface area contributed by atoms with Crippen molar-refractivity contribution < 1.29 is 22.9 Å². The van der Waals surface area contributed by atoms with E-state index >= 15 is 0 Å². The zero-order chi connectivity index (χ0) is 18.9. The first-order valence-electron chi connectivity index (χ1n) is 9.77. The second-order valence-corrected chi connectivity index (χ2v) is 11.6. The minimum Gasteiger partial charge on any atom is -0.344 e. The van der Waals surface area contributed by atoms with Gasteiger partial charge in [0.25, 0.3) is 0 Å². The maximum atomic E-state index is 12.8. The van der Waals surface area contributed by atoms with Crippen molar-refractivity contribution in [1.29, 1.82) is 0 Å². The number of rotatable bonds is 3. The van der Waals surface area contributed by atoms with Gasteiger partial charge in [-0.25, -0.2) is 13.3 Å². The number of benzene rings is 1. The van der Waals surface area contributed by atoms with Crippen molar-refractivity contribution in [1.82, 2.24) is 0 Å². The molecule has 7 heteroatoms. The molecular formula is C20H25ClO5S. The number of hydrogen-bond donors (Lipinski definition) is 0. The SMILES string of the molecule is CC1(CS(=O)(=O)c2ccc(Cl)cc2)COC2(OO1)C1CC3CC(C1)CC2C3. The van der Waals surface area contributed by atoms with Gasteiger partial charge in [-0.3, -0.25) is 0 Å². The van der Waals surface area contributed by atoms with E-state index in [0.29, 0.717) is 16.9 Å². The molecule has 0 radical (unpaired) electrons. The predicted octanol–water partition coefficient (Wildman–Crippen LogP) is 4.00. The van der Waals surface area contributed by atoms with Gasteiger partial charge in [0.15, 0.2) is 9.84 Å². The van der Waals surface area contributed by atoms with E-state index in [0.717, 1.165) is 37.5 Å². The maximum absolute atomic E-state index is 12.8. The number of sulfone groups is 1. The molecule has 1 spiro atoms. The largest absolute Gasteiger partial charge is 0.344 e. The molecule has 5 nitrogen and oxygen atoms in total. The van der Waals surface area contributed by atoms with Crippen LogP contribution >= 0.6 is 11.6 Å². The molecular weight excluding hydrogens is 388 g/mol. The molecule has 1 unspecified atom stereocenters. The Hall–Kier alpha value is -0.660. The van der Waals surface area contributed by atoms with E-state index in [4.69, 9.17) is 26.1 Å². The first-order valence-corrected chi connectivity index (χ1v) is 11.8. The van der Waals surface area contributed by atoms with Crippen LogP contribution in [0.1, 0.15) is 39.0 Å². The van der Waals surface area contributed by atoms with Gasteiger partial charge in [0.05, 0.1) is 17.3 Å². The van der Waals surface area contributed by atoms with Gasteiger partial charge in [-0.05, 0) is 75.1 Å². The van der Waals surface area contributed by atoms with Gasteiger partial charge in [-0.15, -0.1) is 0 Å². The summed E-state index contributed by atoms with van der Waals surface area (Å²) in [5.74, 6) is 1.46. The summed E-state index contributed by atoms with van der Waals surface area (Å²) in [5.41, 5.74) is -1.03. The zero-order valence-electron chi connectivity index (χ0n) is 15.4. The number of halogens is 1. The molecule has 4 bridgehead atoms. The molecule has 1 heterocycles. The zero-order valence-corrected chi connectivity index (χ0v) is 17.0. The Kier molecular flexibility index (Phi) is 4.20. The van der Waals surface area contributed by atoms with Crippen LogP contribution in [0.5, 0.6) is 0 Å². The van der Waals surface area contributed by atoms with Crippen LogP contribution in [0.25, 0.3) is 0 Å². The third kappa shape index (κ3) is 3.04. The molecule has 4 saturated carbocycles. The Morgan fingerprint density at radius 3 is 2.11 bits per heavy atom. The summed E-state index contributed by atoms with van der Waals surface area (Å²) in [6, 6.07) is 6.19. The lowest BCUT2D eigenvalue weighted by molar-refractivity contribution is -0.540. The molecule has 1 atom stereocenters. The molecule has 0 N–H and O–H groups in total. The summed E-state index contributed by atoms with van der Waals surface area (Å²) in [5, 5.41) is 0.504. The first kappa shape index (κ1) is 18.4. The first-order chi connectivity index (χ1) is 12.8. The van der Waals surface area contributed by atoms with Crippen LogP contribution < -0.4 is 0 Å². The van der Waals surface area contributed by atoms with E-state index in [1.807, 2.05) is 0 Å². The smallest absolute Gasteiger partial charge is 0.207 e. The van der Waals surface area contributed by atoms with E-state index in [1.165, 1.54) is 18.6 Å². The number of hydrogen-bond acceptors (Lipinski definition) is 5. The van der Waals surface area contributed by atoms with Crippen molar-refractivity contribution in [3.63, 3.8) is 0 Å². The van der Waals surface area contributed by atoms with E-state index in [2.05, 4.69) is 0 Å². The van der Waals surface area contributed by atoms with Crippen molar-refractivity contribution >= 4 is 21.4 Å². The summed E-state index contributed by atoms with van der Waals surface area (Å²) < 4.78 is 31.9. The number of ether oxygens (including phenoxy) is 1. The van der Waals surface area contributed by atoms with Crippen molar-refractivity contribution in [2.75, 3.05) is 12.4 Å². The summed E-state index contributed by atoms with van der Waals surface area (Å²) in [7, 11) is -3.54. The molecule has 27 heavy (non-hydrogen) atoms. The summed E-state index contributed by atoms with van der Waals surface area (Å²) in [6.07, 6.45) is 5.89. The minimum atomic E-state index is -3.54. The Balaban J connectivity index is 1.32. The lowest BCUT2D eigenvalue weighted by Gasteiger charge is -2.61. The van der Waals surface area contributed by atoms with E-state index in [9.17, 15) is 8.42 Å². The molecule has 5 aliphatic rings. The van der Waals surface area contributed by atoms with Gasteiger partial charge < -0.3 is 4.74 Å². The molecule has 4 aliphatic carbocycles. The van der Waals surface area contributed by atoms with Crippen LogP contribution in [0.2, 0.25) is 5.02 Å². The van der Waals surface area contributed by atoms with Crippen LogP contribution in [-0.2, 0) is 24.3 Å². The average Bonchev–Trinajstić information content (AvgIpc) is 2.60. The van der Waals surface area contributed by atoms with Gasteiger partial charge in [0.1, 0.15) is 5.60 Å². The van der Waals surface area contributed by atoms with Gasteiger partial charge in [-0.1, -0.05) is 11.6 Å². The summed E-state index contributed by atoms with van der Waals surface area (Å²) in [6.45, 7) is 1.96. The molecule has 6 rings (SSSR count). The third-order valence-corrected chi connectivity index (χ3v) is 9.15. The van der Waals surface area contributed by atoms with Crippen molar-refractivity contribution in [2.24, 2.45) is 23.7 Å². The molecule has 1 saturated heterocycles. The van der Waals surface area contributed by atoms with E-state index < -0.39 is 21.2 Å². The molecule has 1 aliphatic heterocycles. The highest BCUT2D eigenvalue weighted by atomic mass is 35.5. The highest BCUT2D eigenvalue weighted by molar-refractivity contribution is 7.91. The van der Waals surface area contributed by atoms with Crippen LogP contribution in [0.3, 0.4) is 0 Å². The Bertz CT molecular complexity index is 796. The highest BCUT2D eigenvalue weighted by Crippen LogP contribution is 2.61. The second-order valence-electron chi connectivity index (χ2n) is 9.14. The summed E-state index contributed by atoms with van der Waals surface area (Å²) in [4.78, 5) is 12.0. The quantitative estimate of drug-likeness (QED) is 0.702. The molecule has 1 aromatic rings. The van der Waals surface area contributed by atoms with Crippen LogP contribution in [-0.4, -0.2) is 32.2 Å². The fourth-order valence-electron chi connectivity index (χ4n) is 5.89. The Morgan fingerprint density at radius 1 is 1.00 bits per heavy atom. The second kappa shape index (κ2) is 6.17. The topological polar surface area (TPSA) is 61.8 Å². The van der Waals surface area contributed by atoms with Crippen molar-refractivity contribution in [3.8, 4) is 0 Å². The molecule has 5 fully saturated rings. The van der Waals surface area contributed by atoms with E-state index in [1.54, 1.807) is 19.1 Å². The lowest BCUT2D eigenvalue weighted by atomic mass is 9.53. The Labute approximate surface area is 165 Å². The minimum absolute atomic E-state index is 0.196. The molecule has 148 valence electrons. The average molecular weight is 413 g/mol. The standard InChI is InChI=1S/C20H25ClO5S/c1-19(12-27(22,23)18-4-2-17(21)3-5-18)11-24-20(26-25-19)15-7-13-6-14(9-15)10-16(20)8-13/h2-5,13-16H,6-12H2,1H3. The monoisotopic (exact) mass is 412 g/mol. The fourth-order valence-corrected chi connectivity index (χ4v) is 7.66. The molecule has 1 aromatic carbocycles.